The van der Waals surface area contributed by atoms with Crippen molar-refractivity contribution in [2.45, 2.75) is 39.2 Å². The molecule has 0 atom stereocenters. The lowest BCUT2D eigenvalue weighted by atomic mass is 9.99. The van der Waals surface area contributed by atoms with Crippen molar-refractivity contribution in [1.82, 2.24) is 10.3 Å². The first-order chi connectivity index (χ1) is 10.2. The number of carbonyl (C=O) groups is 2. The molecule has 0 aliphatic rings. The summed E-state index contributed by atoms with van der Waals surface area (Å²) in [4.78, 5) is 26.8. The average Bonchev–Trinajstić information content (AvgIpc) is 2.75. The molecule has 0 saturated heterocycles. The van der Waals surface area contributed by atoms with E-state index in [0.717, 1.165) is 5.52 Å². The predicted molar refractivity (Wildman–Crippen MR) is 81.8 cm³/mol. The molecule has 2 amide bonds. The third-order valence-corrected chi connectivity index (χ3v) is 3.17. The van der Waals surface area contributed by atoms with Crippen LogP contribution in [-0.4, -0.2) is 27.6 Å². The van der Waals surface area contributed by atoms with E-state index in [1.807, 2.05) is 0 Å². The summed E-state index contributed by atoms with van der Waals surface area (Å²) in [5, 5.41) is 14.2. The van der Waals surface area contributed by atoms with E-state index in [1.54, 1.807) is 39.0 Å². The number of hydrogen-bond donors (Lipinski definition) is 3. The smallest absolute Gasteiger partial charge is 0.319 e. The van der Waals surface area contributed by atoms with Gasteiger partial charge in [0.2, 0.25) is 0 Å². The molecule has 0 unspecified atom stereocenters. The van der Waals surface area contributed by atoms with Crippen LogP contribution >= 0.6 is 0 Å². The lowest BCUT2D eigenvalue weighted by Gasteiger charge is -2.25. The zero-order valence-electron chi connectivity index (χ0n) is 12.8. The van der Waals surface area contributed by atoms with Crippen LogP contribution in [0.15, 0.2) is 22.6 Å². The quantitative estimate of drug-likeness (QED) is 0.787. The summed E-state index contributed by atoms with van der Waals surface area (Å²) >= 11 is 0. The van der Waals surface area contributed by atoms with Crippen molar-refractivity contribution in [3.63, 3.8) is 0 Å². The number of urea groups is 1. The Morgan fingerprint density at radius 1 is 1.36 bits per heavy atom. The molecular formula is C15H19N3O4. The number of fused-ring (bicyclic) bond motifs is 1. The minimum Gasteiger partial charge on any atom is -0.481 e. The largest absolute Gasteiger partial charge is 0.481 e. The Balaban J connectivity index is 1.99. The summed E-state index contributed by atoms with van der Waals surface area (Å²) in [6, 6.07) is 4.79. The van der Waals surface area contributed by atoms with E-state index in [2.05, 4.69) is 15.6 Å². The Hall–Kier alpha value is -2.57. The number of carboxylic acids is 1. The van der Waals surface area contributed by atoms with Gasteiger partial charge in [-0.2, -0.15) is 0 Å². The Labute approximate surface area is 127 Å². The van der Waals surface area contributed by atoms with Crippen molar-refractivity contribution in [3.05, 3.63) is 24.1 Å². The molecule has 1 heterocycles. The van der Waals surface area contributed by atoms with Crippen molar-refractivity contribution in [3.8, 4) is 0 Å². The molecule has 7 heteroatoms. The number of amides is 2. The van der Waals surface area contributed by atoms with E-state index in [1.165, 1.54) is 0 Å². The van der Waals surface area contributed by atoms with E-state index < -0.39 is 17.5 Å². The second-order valence-corrected chi connectivity index (χ2v) is 5.77. The number of aliphatic carboxylic acids is 1. The summed E-state index contributed by atoms with van der Waals surface area (Å²) in [5.74, 6) is -0.326. The number of rotatable bonds is 5. The van der Waals surface area contributed by atoms with Gasteiger partial charge in [-0.1, -0.05) is 0 Å². The first-order valence-corrected chi connectivity index (χ1v) is 6.93. The van der Waals surface area contributed by atoms with Crippen molar-refractivity contribution < 1.29 is 19.1 Å². The summed E-state index contributed by atoms with van der Waals surface area (Å²) in [7, 11) is 0. The lowest BCUT2D eigenvalue weighted by molar-refractivity contribution is -0.137. The first-order valence-electron chi connectivity index (χ1n) is 6.93. The van der Waals surface area contributed by atoms with Gasteiger partial charge < -0.3 is 20.2 Å². The SMILES string of the molecule is Cc1nc2ccc(NC(=O)NC(C)(C)CCC(=O)O)cc2o1. The van der Waals surface area contributed by atoms with Gasteiger partial charge in [-0.25, -0.2) is 9.78 Å². The maximum absolute atomic E-state index is 12.0. The highest BCUT2D eigenvalue weighted by atomic mass is 16.4. The second-order valence-electron chi connectivity index (χ2n) is 5.77. The fraction of sp³-hybridized carbons (Fsp3) is 0.400. The third kappa shape index (κ3) is 4.21. The van der Waals surface area contributed by atoms with Gasteiger partial charge in [0, 0.05) is 30.6 Å². The van der Waals surface area contributed by atoms with Gasteiger partial charge >= 0.3 is 12.0 Å². The molecule has 118 valence electrons. The molecule has 1 aromatic carbocycles. The van der Waals surface area contributed by atoms with Gasteiger partial charge in [0.25, 0.3) is 0 Å². The topological polar surface area (TPSA) is 104 Å². The molecule has 2 rings (SSSR count). The highest BCUT2D eigenvalue weighted by Gasteiger charge is 2.21. The van der Waals surface area contributed by atoms with Crippen LogP contribution in [-0.2, 0) is 4.79 Å². The van der Waals surface area contributed by atoms with E-state index in [9.17, 15) is 9.59 Å². The monoisotopic (exact) mass is 305 g/mol. The predicted octanol–water partition coefficient (Wildman–Crippen LogP) is 2.90. The Kier molecular flexibility index (Phi) is 4.35. The third-order valence-electron chi connectivity index (χ3n) is 3.17. The molecule has 3 N–H and O–H groups in total. The standard InChI is InChI=1S/C15H19N3O4/c1-9-16-11-5-4-10(8-12(11)22-9)17-14(21)18-15(2,3)7-6-13(19)20/h4-5,8H,6-7H2,1-3H3,(H,19,20)(H2,17,18,21). The number of aryl methyl sites for hydroxylation is 1. The molecule has 0 aliphatic heterocycles. The number of carbonyl (C=O) groups excluding carboxylic acids is 1. The maximum Gasteiger partial charge on any atom is 0.319 e. The van der Waals surface area contributed by atoms with E-state index in [4.69, 9.17) is 9.52 Å². The number of anilines is 1. The zero-order valence-corrected chi connectivity index (χ0v) is 12.8. The molecule has 0 spiro atoms. The second kappa shape index (κ2) is 6.05. The van der Waals surface area contributed by atoms with Gasteiger partial charge in [0.1, 0.15) is 5.52 Å². The van der Waals surface area contributed by atoms with Gasteiger partial charge in [0.15, 0.2) is 11.5 Å². The fourth-order valence-corrected chi connectivity index (χ4v) is 2.07. The molecule has 0 fully saturated rings. The number of benzene rings is 1. The van der Waals surface area contributed by atoms with Gasteiger partial charge in [-0.15, -0.1) is 0 Å². The molecule has 0 saturated carbocycles. The Morgan fingerprint density at radius 2 is 2.09 bits per heavy atom. The number of nitrogens with one attached hydrogen (secondary N) is 2. The summed E-state index contributed by atoms with van der Waals surface area (Å²) in [6.45, 7) is 5.31. The molecule has 1 aromatic heterocycles. The van der Waals surface area contributed by atoms with Crippen molar-refractivity contribution in [2.24, 2.45) is 0 Å². The lowest BCUT2D eigenvalue weighted by Crippen LogP contribution is -2.45. The number of nitrogens with zero attached hydrogens (tertiary/aromatic N) is 1. The van der Waals surface area contributed by atoms with Crippen LogP contribution in [0.4, 0.5) is 10.5 Å². The molecule has 7 nitrogen and oxygen atoms in total. The van der Waals surface area contributed by atoms with E-state index >= 15 is 0 Å². The molecule has 0 radical (unpaired) electrons. The zero-order chi connectivity index (χ0) is 16.3. The van der Waals surface area contributed by atoms with Crippen LogP contribution in [0.5, 0.6) is 0 Å². The normalized spacial score (nSPS) is 11.4. The summed E-state index contributed by atoms with van der Waals surface area (Å²) in [5.41, 5.74) is 1.29. The Morgan fingerprint density at radius 3 is 2.77 bits per heavy atom. The van der Waals surface area contributed by atoms with Crippen LogP contribution in [0.25, 0.3) is 11.1 Å². The van der Waals surface area contributed by atoms with E-state index in [0.29, 0.717) is 23.6 Å². The number of oxazole rings is 1. The number of aromatic nitrogens is 1. The minimum atomic E-state index is -0.888. The average molecular weight is 305 g/mol. The fourth-order valence-electron chi connectivity index (χ4n) is 2.07. The molecular weight excluding hydrogens is 286 g/mol. The Bertz CT molecular complexity index is 706. The molecule has 22 heavy (non-hydrogen) atoms. The van der Waals surface area contributed by atoms with Crippen LogP contribution in [0, 0.1) is 6.92 Å². The molecule has 0 bridgehead atoms. The van der Waals surface area contributed by atoms with Crippen molar-refractivity contribution in [2.75, 3.05) is 5.32 Å². The van der Waals surface area contributed by atoms with Crippen LogP contribution in [0.1, 0.15) is 32.6 Å². The van der Waals surface area contributed by atoms with Crippen LogP contribution in [0.3, 0.4) is 0 Å². The van der Waals surface area contributed by atoms with Crippen molar-refractivity contribution >= 4 is 28.8 Å². The van der Waals surface area contributed by atoms with Crippen molar-refractivity contribution in [1.29, 1.82) is 0 Å². The first kappa shape index (κ1) is 15.8. The van der Waals surface area contributed by atoms with Gasteiger partial charge in [-0.05, 0) is 32.4 Å². The summed E-state index contributed by atoms with van der Waals surface area (Å²) in [6.07, 6.45) is 0.340. The van der Waals surface area contributed by atoms with Gasteiger partial charge in [-0.3, -0.25) is 4.79 Å². The van der Waals surface area contributed by atoms with Gasteiger partial charge in [0.05, 0.1) is 0 Å². The number of hydrogen-bond acceptors (Lipinski definition) is 4. The maximum atomic E-state index is 12.0. The van der Waals surface area contributed by atoms with E-state index in [-0.39, 0.29) is 6.42 Å². The summed E-state index contributed by atoms with van der Waals surface area (Å²) < 4.78 is 5.41. The number of carboxylic acid groups (broad SMARTS) is 1. The van der Waals surface area contributed by atoms with Crippen LogP contribution in [0.2, 0.25) is 0 Å². The highest BCUT2D eigenvalue weighted by molar-refractivity contribution is 5.92. The van der Waals surface area contributed by atoms with Crippen LogP contribution < -0.4 is 10.6 Å². The molecule has 0 aliphatic carbocycles. The molecule has 2 aromatic rings. The minimum absolute atomic E-state index is 0.00339. The highest BCUT2D eigenvalue weighted by Crippen LogP contribution is 2.20.